The van der Waals surface area contributed by atoms with Crippen molar-refractivity contribution in [2.24, 2.45) is 5.16 Å². The van der Waals surface area contributed by atoms with Crippen molar-refractivity contribution in [3.63, 3.8) is 0 Å². The van der Waals surface area contributed by atoms with E-state index >= 15 is 0 Å². The van der Waals surface area contributed by atoms with Gasteiger partial charge in [-0.3, -0.25) is 0 Å². The molecule has 212 valence electrons. The number of allylic oxidation sites excluding steroid dienone is 1. The Kier molecular flexibility index (Phi) is 14.8. The molecule has 6 nitrogen and oxygen atoms in total. The Balaban J connectivity index is 2.65. The summed E-state index contributed by atoms with van der Waals surface area (Å²) in [6.07, 6.45) is 12.9. The third-order valence-corrected chi connectivity index (χ3v) is 23.5. The summed E-state index contributed by atoms with van der Waals surface area (Å²) in [4.78, 5) is 5.03. The van der Waals surface area contributed by atoms with Crippen molar-refractivity contribution in [2.45, 2.75) is 106 Å². The predicted octanol–water partition coefficient (Wildman–Crippen LogP) is 9.04. The molecule has 0 saturated heterocycles. The molecule has 1 heterocycles. The first-order chi connectivity index (χ1) is 18.3. The average molecular weight is 653 g/mol. The second-order valence-electron chi connectivity index (χ2n) is 10.3. The van der Waals surface area contributed by atoms with Gasteiger partial charge in [-0.1, -0.05) is 0 Å². The van der Waals surface area contributed by atoms with Crippen molar-refractivity contribution in [1.29, 1.82) is 0 Å². The number of aromatic nitrogens is 2. The van der Waals surface area contributed by atoms with Crippen LogP contribution >= 0.6 is 11.6 Å². The summed E-state index contributed by atoms with van der Waals surface area (Å²) >= 11 is 3.81. The van der Waals surface area contributed by atoms with Gasteiger partial charge in [-0.15, -0.1) is 0 Å². The van der Waals surface area contributed by atoms with E-state index in [0.29, 0.717) is 11.1 Å². The molecule has 0 unspecified atom stereocenters. The topological polar surface area (TPSA) is 69.7 Å². The molecular formula is C30H48ClN3O3Sn. The number of rotatable bonds is 18. The third kappa shape index (κ3) is 9.28. The SMILES string of the molecule is CCC[CH2][Sn]([CH2]CCC)([CH2]CCC)/[C](=C/CCCc1nnc(C)o1)c1cc(C)c(OC)c(C(Cl)=NOC)c1. The van der Waals surface area contributed by atoms with E-state index in [1.807, 2.05) is 6.92 Å². The number of ether oxygens (including phenoxy) is 1. The first kappa shape index (κ1) is 32.7. The van der Waals surface area contributed by atoms with Gasteiger partial charge in [0.1, 0.15) is 0 Å². The molecule has 38 heavy (non-hydrogen) atoms. The van der Waals surface area contributed by atoms with Crippen LogP contribution in [0.15, 0.2) is 27.8 Å². The van der Waals surface area contributed by atoms with Crippen molar-refractivity contribution < 1.29 is 14.0 Å². The van der Waals surface area contributed by atoms with Crippen molar-refractivity contribution in [3.8, 4) is 5.75 Å². The van der Waals surface area contributed by atoms with Crippen LogP contribution < -0.4 is 4.74 Å². The Hall–Kier alpha value is -1.54. The molecule has 0 fully saturated rings. The van der Waals surface area contributed by atoms with Gasteiger partial charge in [0.2, 0.25) is 0 Å². The molecule has 0 radical (unpaired) electrons. The van der Waals surface area contributed by atoms with Gasteiger partial charge < -0.3 is 0 Å². The Labute approximate surface area is 239 Å². The molecule has 0 amide bonds. The standard InChI is InChI=1S/C18H21ClN3O3.3C4H9.Sn/c1-12-10-14(11-15(17(12)23-3)18(19)22-24-4)8-6-5-7-9-16-21-20-13(2)25-16;3*1-3-4-2;/h6,10-11H,5,7,9H2,1-4H3;3*1,3-4H2,2H3;. The van der Waals surface area contributed by atoms with Crippen LogP contribution in [0.1, 0.15) is 101 Å². The Bertz CT molecular complexity index is 1030. The van der Waals surface area contributed by atoms with Gasteiger partial charge in [-0.2, -0.15) is 0 Å². The van der Waals surface area contributed by atoms with Crippen LogP contribution in [-0.2, 0) is 11.3 Å². The van der Waals surface area contributed by atoms with Crippen molar-refractivity contribution in [2.75, 3.05) is 14.2 Å². The van der Waals surface area contributed by atoms with Crippen molar-refractivity contribution >= 4 is 38.7 Å². The van der Waals surface area contributed by atoms with E-state index < -0.39 is 18.4 Å². The van der Waals surface area contributed by atoms with Gasteiger partial charge in [0.15, 0.2) is 0 Å². The zero-order valence-corrected chi connectivity index (χ0v) is 28.3. The number of nitrogens with zero attached hydrogens (tertiary/aromatic N) is 3. The van der Waals surface area contributed by atoms with E-state index in [1.165, 1.54) is 64.5 Å². The Morgan fingerprint density at radius 3 is 2.11 bits per heavy atom. The predicted molar refractivity (Wildman–Crippen MR) is 162 cm³/mol. The van der Waals surface area contributed by atoms with Gasteiger partial charge in [-0.05, 0) is 0 Å². The zero-order chi connectivity index (χ0) is 28.0. The van der Waals surface area contributed by atoms with Crippen LogP contribution in [0.2, 0.25) is 13.3 Å². The number of methoxy groups -OCH3 is 1. The van der Waals surface area contributed by atoms with Crippen molar-refractivity contribution in [3.05, 3.63) is 46.7 Å². The number of aryl methyl sites for hydroxylation is 3. The average Bonchev–Trinajstić information content (AvgIpc) is 3.33. The molecule has 2 rings (SSSR count). The quantitative estimate of drug-likeness (QED) is 0.0696. The second-order valence-corrected chi connectivity index (χ2v) is 23.7. The van der Waals surface area contributed by atoms with E-state index in [-0.39, 0.29) is 0 Å². The molecule has 1 aromatic heterocycles. The Morgan fingerprint density at radius 2 is 1.61 bits per heavy atom. The number of halogens is 1. The molecule has 0 N–H and O–H groups in total. The summed E-state index contributed by atoms with van der Waals surface area (Å²) in [7, 11) is 3.20. The number of benzene rings is 1. The molecule has 0 bridgehead atoms. The monoisotopic (exact) mass is 653 g/mol. The summed E-state index contributed by atoms with van der Waals surface area (Å²) in [6.45, 7) is 10.9. The van der Waals surface area contributed by atoms with Crippen LogP contribution in [0.3, 0.4) is 0 Å². The number of oxime groups is 1. The molecular weight excluding hydrogens is 605 g/mol. The van der Waals surface area contributed by atoms with Gasteiger partial charge in [0, 0.05) is 0 Å². The maximum absolute atomic E-state index is 6.62. The maximum atomic E-state index is 6.62. The molecule has 1 aromatic carbocycles. The third-order valence-electron chi connectivity index (χ3n) is 7.29. The summed E-state index contributed by atoms with van der Waals surface area (Å²) in [5.41, 5.74) is 3.15. The summed E-state index contributed by atoms with van der Waals surface area (Å²) in [5, 5.41) is 12.5. The van der Waals surface area contributed by atoms with Gasteiger partial charge in [-0.25, -0.2) is 0 Å². The van der Waals surface area contributed by atoms with Gasteiger partial charge in [0.05, 0.1) is 0 Å². The molecule has 0 atom stereocenters. The second kappa shape index (κ2) is 17.2. The summed E-state index contributed by atoms with van der Waals surface area (Å²) < 4.78 is 17.2. The minimum atomic E-state index is -2.81. The number of hydrogen-bond acceptors (Lipinski definition) is 6. The molecule has 0 aliphatic rings. The Morgan fingerprint density at radius 1 is 0.974 bits per heavy atom. The molecule has 2 aromatic rings. The van der Waals surface area contributed by atoms with E-state index in [1.54, 1.807) is 10.7 Å². The minimum absolute atomic E-state index is 0.317. The van der Waals surface area contributed by atoms with Crippen LogP contribution in [0.5, 0.6) is 5.75 Å². The van der Waals surface area contributed by atoms with Crippen LogP contribution in [-0.4, -0.2) is 48.0 Å². The number of hydrogen-bond donors (Lipinski definition) is 0. The van der Waals surface area contributed by atoms with E-state index in [0.717, 1.165) is 42.0 Å². The van der Waals surface area contributed by atoms with Crippen molar-refractivity contribution in [1.82, 2.24) is 10.2 Å². The molecule has 8 heteroatoms. The van der Waals surface area contributed by atoms with Crippen LogP contribution in [0.25, 0.3) is 3.59 Å². The van der Waals surface area contributed by atoms with Crippen LogP contribution in [0, 0.1) is 13.8 Å². The summed E-state index contributed by atoms with van der Waals surface area (Å²) in [6, 6.07) is 4.50. The fourth-order valence-electron chi connectivity index (χ4n) is 5.39. The van der Waals surface area contributed by atoms with E-state index in [4.69, 9.17) is 25.6 Å². The fourth-order valence-corrected chi connectivity index (χ4v) is 22.7. The summed E-state index contributed by atoms with van der Waals surface area (Å²) in [5.74, 6) is 2.10. The first-order valence-corrected chi connectivity index (χ1v) is 22.2. The molecule has 0 spiro atoms. The van der Waals surface area contributed by atoms with E-state index in [9.17, 15) is 0 Å². The number of unbranched alkanes of at least 4 members (excludes halogenated alkanes) is 4. The first-order valence-electron chi connectivity index (χ1n) is 14.3. The molecule has 0 aliphatic heterocycles. The van der Waals surface area contributed by atoms with E-state index in [2.05, 4.69) is 61.3 Å². The molecule has 0 aliphatic carbocycles. The van der Waals surface area contributed by atoms with Gasteiger partial charge in [0.25, 0.3) is 0 Å². The zero-order valence-electron chi connectivity index (χ0n) is 24.7. The van der Waals surface area contributed by atoms with Crippen LogP contribution in [0.4, 0.5) is 0 Å². The molecule has 0 saturated carbocycles. The van der Waals surface area contributed by atoms with Gasteiger partial charge >= 0.3 is 240 Å². The normalized spacial score (nSPS) is 12.7. The fraction of sp³-hybridized carbons (Fsp3) is 0.633.